The lowest BCUT2D eigenvalue weighted by atomic mass is 10.0. The quantitative estimate of drug-likeness (QED) is 0.783. The molecule has 2 aromatic rings. The number of nitrogens with zero attached hydrogens (tertiary/aromatic N) is 1. The zero-order chi connectivity index (χ0) is 18.4. The summed E-state index contributed by atoms with van der Waals surface area (Å²) in [6.07, 6.45) is 2.34. The number of urea groups is 1. The third-order valence-corrected chi connectivity index (χ3v) is 4.63. The normalized spacial score (nSPS) is 14.4. The molecule has 0 heterocycles. The summed E-state index contributed by atoms with van der Waals surface area (Å²) in [7, 11) is 3.43. The Morgan fingerprint density at radius 3 is 2.38 bits per heavy atom. The van der Waals surface area contributed by atoms with E-state index in [1.54, 1.807) is 19.1 Å². The van der Waals surface area contributed by atoms with Crippen molar-refractivity contribution in [1.29, 1.82) is 0 Å². The predicted molar refractivity (Wildman–Crippen MR) is 102 cm³/mol. The molecule has 0 bridgehead atoms. The van der Waals surface area contributed by atoms with Crippen LogP contribution in [0.5, 0.6) is 11.5 Å². The summed E-state index contributed by atoms with van der Waals surface area (Å²) in [6.45, 7) is 0.958. The van der Waals surface area contributed by atoms with Crippen LogP contribution in [0.15, 0.2) is 54.6 Å². The van der Waals surface area contributed by atoms with Crippen molar-refractivity contribution in [3.05, 3.63) is 60.2 Å². The fraction of sp³-hybridized carbons (Fsp3) is 0.381. The molecule has 0 aromatic heterocycles. The van der Waals surface area contributed by atoms with Gasteiger partial charge in [-0.05, 0) is 48.6 Å². The second-order valence-corrected chi connectivity index (χ2v) is 6.62. The Labute approximate surface area is 154 Å². The Balaban J connectivity index is 1.47. The topological polar surface area (TPSA) is 50.8 Å². The molecule has 1 aliphatic rings. The number of rotatable bonds is 8. The second kappa shape index (κ2) is 8.61. The van der Waals surface area contributed by atoms with Gasteiger partial charge in [0.1, 0.15) is 18.1 Å². The highest BCUT2D eigenvalue weighted by Gasteiger charge is 2.33. The standard InChI is InChI=1S/C21H26N2O3/c1-23(14-15-26-19-12-10-18(25-2)11-13-19)21(24)22-20(17-8-9-17)16-6-4-3-5-7-16/h3-7,10-13,17,20H,8-9,14-15H2,1-2H3,(H,22,24). The molecular formula is C21H26N2O3. The second-order valence-electron chi connectivity index (χ2n) is 6.62. The molecule has 0 radical (unpaired) electrons. The fourth-order valence-electron chi connectivity index (χ4n) is 2.88. The van der Waals surface area contributed by atoms with E-state index >= 15 is 0 Å². The Kier molecular flexibility index (Phi) is 6.00. The number of likely N-dealkylation sites (N-methyl/N-ethyl adjacent to an activating group) is 1. The number of methoxy groups -OCH3 is 1. The molecule has 1 saturated carbocycles. The van der Waals surface area contributed by atoms with Crippen LogP contribution >= 0.6 is 0 Å². The van der Waals surface area contributed by atoms with Crippen LogP contribution < -0.4 is 14.8 Å². The molecule has 26 heavy (non-hydrogen) atoms. The zero-order valence-electron chi connectivity index (χ0n) is 15.4. The molecule has 1 N–H and O–H groups in total. The van der Waals surface area contributed by atoms with Crippen LogP contribution in [0.25, 0.3) is 0 Å². The first-order valence-corrected chi connectivity index (χ1v) is 9.01. The minimum atomic E-state index is -0.0657. The number of hydrogen-bond donors (Lipinski definition) is 1. The molecule has 5 nitrogen and oxygen atoms in total. The molecule has 2 amide bonds. The molecule has 2 aromatic carbocycles. The van der Waals surface area contributed by atoms with Crippen LogP contribution in [0.2, 0.25) is 0 Å². The highest BCUT2D eigenvalue weighted by Crippen LogP contribution is 2.40. The molecule has 5 heteroatoms. The van der Waals surface area contributed by atoms with Crippen molar-refractivity contribution in [2.24, 2.45) is 5.92 Å². The van der Waals surface area contributed by atoms with Gasteiger partial charge < -0.3 is 19.7 Å². The van der Waals surface area contributed by atoms with Gasteiger partial charge in [0, 0.05) is 7.05 Å². The number of benzene rings is 2. The van der Waals surface area contributed by atoms with E-state index in [1.165, 1.54) is 18.4 Å². The van der Waals surface area contributed by atoms with Gasteiger partial charge in [0.2, 0.25) is 0 Å². The lowest BCUT2D eigenvalue weighted by molar-refractivity contribution is 0.190. The minimum absolute atomic E-state index is 0.0657. The maximum atomic E-state index is 12.5. The third-order valence-electron chi connectivity index (χ3n) is 4.63. The highest BCUT2D eigenvalue weighted by atomic mass is 16.5. The Bertz CT molecular complexity index is 699. The molecule has 1 atom stereocenters. The summed E-state index contributed by atoms with van der Waals surface area (Å²) >= 11 is 0. The van der Waals surface area contributed by atoms with Crippen molar-refractivity contribution in [3.8, 4) is 11.5 Å². The predicted octanol–water partition coefficient (Wildman–Crippen LogP) is 3.87. The molecule has 3 rings (SSSR count). The van der Waals surface area contributed by atoms with E-state index < -0.39 is 0 Å². The number of ether oxygens (including phenoxy) is 2. The molecule has 1 unspecified atom stereocenters. The van der Waals surface area contributed by atoms with E-state index in [0.717, 1.165) is 11.5 Å². The van der Waals surface area contributed by atoms with Crippen LogP contribution in [0, 0.1) is 5.92 Å². The van der Waals surface area contributed by atoms with Gasteiger partial charge in [0.25, 0.3) is 0 Å². The van der Waals surface area contributed by atoms with Gasteiger partial charge in [0.05, 0.1) is 19.7 Å². The Morgan fingerprint density at radius 2 is 1.77 bits per heavy atom. The van der Waals surface area contributed by atoms with Crippen LogP contribution in [0.4, 0.5) is 4.79 Å². The monoisotopic (exact) mass is 354 g/mol. The number of amides is 2. The molecule has 0 spiro atoms. The van der Waals surface area contributed by atoms with Gasteiger partial charge in [-0.15, -0.1) is 0 Å². The summed E-state index contributed by atoms with van der Waals surface area (Å²) in [5.41, 5.74) is 1.17. The third kappa shape index (κ3) is 4.91. The van der Waals surface area contributed by atoms with Gasteiger partial charge in [-0.25, -0.2) is 4.79 Å². The molecule has 1 aliphatic carbocycles. The first-order chi connectivity index (χ1) is 12.7. The van der Waals surface area contributed by atoms with Gasteiger partial charge >= 0.3 is 6.03 Å². The average molecular weight is 354 g/mol. The van der Waals surface area contributed by atoms with Crippen LogP contribution in [-0.4, -0.2) is 38.2 Å². The molecular weight excluding hydrogens is 328 g/mol. The van der Waals surface area contributed by atoms with E-state index in [-0.39, 0.29) is 12.1 Å². The van der Waals surface area contributed by atoms with E-state index in [0.29, 0.717) is 19.1 Å². The van der Waals surface area contributed by atoms with E-state index in [1.807, 2.05) is 42.5 Å². The van der Waals surface area contributed by atoms with E-state index in [2.05, 4.69) is 17.4 Å². The lowest BCUT2D eigenvalue weighted by Gasteiger charge is -2.24. The number of carbonyl (C=O) groups is 1. The van der Waals surface area contributed by atoms with Crippen molar-refractivity contribution < 1.29 is 14.3 Å². The summed E-state index contributed by atoms with van der Waals surface area (Å²) < 4.78 is 10.8. The molecule has 1 fully saturated rings. The zero-order valence-corrected chi connectivity index (χ0v) is 15.4. The van der Waals surface area contributed by atoms with E-state index in [9.17, 15) is 4.79 Å². The summed E-state index contributed by atoms with van der Waals surface area (Å²) in [6, 6.07) is 17.6. The van der Waals surface area contributed by atoms with Crippen LogP contribution in [-0.2, 0) is 0 Å². The summed E-state index contributed by atoms with van der Waals surface area (Å²) in [5.74, 6) is 2.10. The minimum Gasteiger partial charge on any atom is -0.497 e. The first-order valence-electron chi connectivity index (χ1n) is 9.01. The van der Waals surface area contributed by atoms with Crippen molar-refractivity contribution in [2.75, 3.05) is 27.3 Å². The van der Waals surface area contributed by atoms with Crippen molar-refractivity contribution in [3.63, 3.8) is 0 Å². The number of carbonyl (C=O) groups excluding carboxylic acids is 1. The number of nitrogens with one attached hydrogen (secondary N) is 1. The van der Waals surface area contributed by atoms with Gasteiger partial charge in [-0.2, -0.15) is 0 Å². The Morgan fingerprint density at radius 1 is 1.12 bits per heavy atom. The highest BCUT2D eigenvalue weighted by molar-refractivity contribution is 5.74. The Hall–Kier alpha value is -2.69. The fourth-order valence-corrected chi connectivity index (χ4v) is 2.88. The number of hydrogen-bond acceptors (Lipinski definition) is 3. The van der Waals surface area contributed by atoms with Crippen molar-refractivity contribution >= 4 is 6.03 Å². The van der Waals surface area contributed by atoms with Crippen LogP contribution in [0.3, 0.4) is 0 Å². The van der Waals surface area contributed by atoms with Crippen LogP contribution in [0.1, 0.15) is 24.4 Å². The van der Waals surface area contributed by atoms with Crippen molar-refractivity contribution in [1.82, 2.24) is 10.2 Å². The SMILES string of the molecule is COc1ccc(OCCN(C)C(=O)NC(c2ccccc2)C2CC2)cc1. The van der Waals surface area contributed by atoms with E-state index in [4.69, 9.17) is 9.47 Å². The molecule has 138 valence electrons. The summed E-state index contributed by atoms with van der Waals surface area (Å²) in [5, 5.41) is 3.17. The van der Waals surface area contributed by atoms with Crippen molar-refractivity contribution in [2.45, 2.75) is 18.9 Å². The maximum Gasteiger partial charge on any atom is 0.317 e. The smallest absolute Gasteiger partial charge is 0.317 e. The van der Waals surface area contributed by atoms with Gasteiger partial charge in [-0.3, -0.25) is 0 Å². The maximum absolute atomic E-state index is 12.5. The average Bonchev–Trinajstić information content (AvgIpc) is 3.52. The van der Waals surface area contributed by atoms with Gasteiger partial charge in [0.15, 0.2) is 0 Å². The summed E-state index contributed by atoms with van der Waals surface area (Å²) in [4.78, 5) is 14.2. The molecule has 0 aliphatic heterocycles. The first kappa shape index (κ1) is 18.1. The largest absolute Gasteiger partial charge is 0.497 e. The lowest BCUT2D eigenvalue weighted by Crippen LogP contribution is -2.41. The van der Waals surface area contributed by atoms with Gasteiger partial charge in [-0.1, -0.05) is 30.3 Å². The molecule has 0 saturated heterocycles.